The molecule has 3 heterocycles. The van der Waals surface area contributed by atoms with Crippen molar-refractivity contribution in [1.82, 2.24) is 14.5 Å². The van der Waals surface area contributed by atoms with Gasteiger partial charge in [-0.15, -0.1) is 11.3 Å². The molecule has 166 valence electrons. The van der Waals surface area contributed by atoms with Gasteiger partial charge in [-0.05, 0) is 38.0 Å². The van der Waals surface area contributed by atoms with Crippen LogP contribution < -0.4 is 5.56 Å². The first-order valence-electron chi connectivity index (χ1n) is 10.3. The molecule has 0 unspecified atom stereocenters. The third-order valence-electron chi connectivity index (χ3n) is 5.62. The van der Waals surface area contributed by atoms with E-state index in [1.165, 1.54) is 29.2 Å². The number of fused-ring (bicyclic) bond motifs is 1. The monoisotopic (exact) mass is 481 g/mol. The zero-order valence-corrected chi connectivity index (χ0v) is 20.0. The van der Waals surface area contributed by atoms with Gasteiger partial charge in [0, 0.05) is 47.4 Å². The molecule has 3 aromatic rings. The number of morpholine rings is 1. The van der Waals surface area contributed by atoms with Crippen LogP contribution in [0, 0.1) is 19.7 Å². The standard InChI is InChI=1S/C22H25ClFN3O2S2/c1-14-15(2)31-20-19(14)21(28)27(8-4-7-26-9-11-29-12-10-26)22(25-20)30-13-16-17(23)5-3-6-18(16)24/h3,5-6H,4,7-13H2,1-2H3. The van der Waals surface area contributed by atoms with Gasteiger partial charge < -0.3 is 4.74 Å². The molecule has 2 aromatic heterocycles. The van der Waals surface area contributed by atoms with Crippen LogP contribution in [0.25, 0.3) is 10.2 Å². The van der Waals surface area contributed by atoms with Crippen molar-refractivity contribution in [3.8, 4) is 0 Å². The van der Waals surface area contributed by atoms with Crippen LogP contribution in [0.5, 0.6) is 0 Å². The van der Waals surface area contributed by atoms with E-state index in [2.05, 4.69) is 4.90 Å². The molecule has 1 aliphatic heterocycles. The molecule has 0 saturated carbocycles. The van der Waals surface area contributed by atoms with Crippen molar-refractivity contribution in [1.29, 1.82) is 0 Å². The van der Waals surface area contributed by atoms with Gasteiger partial charge in [-0.25, -0.2) is 9.37 Å². The van der Waals surface area contributed by atoms with E-state index in [1.54, 1.807) is 16.7 Å². The fourth-order valence-electron chi connectivity index (χ4n) is 3.70. The van der Waals surface area contributed by atoms with Crippen LogP contribution in [0.3, 0.4) is 0 Å². The third-order valence-corrected chi connectivity index (χ3v) is 8.08. The summed E-state index contributed by atoms with van der Waals surface area (Å²) in [5, 5.41) is 1.69. The lowest BCUT2D eigenvalue weighted by Crippen LogP contribution is -2.37. The molecular weight excluding hydrogens is 457 g/mol. The van der Waals surface area contributed by atoms with Gasteiger partial charge in [-0.1, -0.05) is 29.4 Å². The molecule has 4 rings (SSSR count). The Labute approximate surface area is 194 Å². The highest BCUT2D eigenvalue weighted by Gasteiger charge is 2.18. The number of benzene rings is 1. The zero-order chi connectivity index (χ0) is 22.0. The van der Waals surface area contributed by atoms with E-state index < -0.39 is 0 Å². The molecule has 1 fully saturated rings. The number of thioether (sulfide) groups is 1. The van der Waals surface area contributed by atoms with Crippen molar-refractivity contribution >= 4 is 44.9 Å². The van der Waals surface area contributed by atoms with Crippen LogP contribution in [0.1, 0.15) is 22.4 Å². The maximum atomic E-state index is 14.3. The van der Waals surface area contributed by atoms with Crippen LogP contribution in [-0.2, 0) is 17.0 Å². The minimum Gasteiger partial charge on any atom is -0.379 e. The quantitative estimate of drug-likeness (QED) is 0.355. The van der Waals surface area contributed by atoms with Gasteiger partial charge >= 0.3 is 0 Å². The van der Waals surface area contributed by atoms with E-state index in [1.807, 2.05) is 13.8 Å². The molecule has 5 nitrogen and oxygen atoms in total. The van der Waals surface area contributed by atoms with E-state index in [0.717, 1.165) is 54.5 Å². The molecular formula is C22H25ClFN3O2S2. The summed E-state index contributed by atoms with van der Waals surface area (Å²) >= 11 is 9.09. The van der Waals surface area contributed by atoms with Crippen molar-refractivity contribution in [3.05, 3.63) is 55.4 Å². The number of hydrogen-bond acceptors (Lipinski definition) is 6. The summed E-state index contributed by atoms with van der Waals surface area (Å²) in [6, 6.07) is 4.67. The van der Waals surface area contributed by atoms with Gasteiger partial charge in [0.1, 0.15) is 10.6 Å². The van der Waals surface area contributed by atoms with Gasteiger partial charge in [-0.3, -0.25) is 14.3 Å². The Bertz CT molecular complexity index is 1120. The SMILES string of the molecule is Cc1sc2nc(SCc3c(F)cccc3Cl)n(CCCN3CCOCC3)c(=O)c2c1C. The van der Waals surface area contributed by atoms with Gasteiger partial charge in [0.25, 0.3) is 5.56 Å². The van der Waals surface area contributed by atoms with E-state index >= 15 is 0 Å². The summed E-state index contributed by atoms with van der Waals surface area (Å²) in [5.41, 5.74) is 1.41. The fraction of sp³-hybridized carbons (Fsp3) is 0.455. The fourth-order valence-corrected chi connectivity index (χ4v) is 6.14. The number of thiophene rings is 1. The maximum absolute atomic E-state index is 14.3. The number of nitrogens with zero attached hydrogens (tertiary/aromatic N) is 3. The Morgan fingerprint density at radius 1 is 1.26 bits per heavy atom. The molecule has 9 heteroatoms. The molecule has 1 saturated heterocycles. The maximum Gasteiger partial charge on any atom is 0.263 e. The number of aryl methyl sites for hydroxylation is 2. The smallest absolute Gasteiger partial charge is 0.263 e. The summed E-state index contributed by atoms with van der Waals surface area (Å²) in [6.07, 6.45) is 0.837. The topological polar surface area (TPSA) is 47.4 Å². The highest BCUT2D eigenvalue weighted by molar-refractivity contribution is 7.98. The van der Waals surface area contributed by atoms with Crippen LogP contribution in [-0.4, -0.2) is 47.3 Å². The first-order valence-corrected chi connectivity index (χ1v) is 12.5. The average molecular weight is 482 g/mol. The summed E-state index contributed by atoms with van der Waals surface area (Å²) < 4.78 is 21.4. The van der Waals surface area contributed by atoms with Crippen molar-refractivity contribution in [2.45, 2.75) is 37.7 Å². The first-order chi connectivity index (χ1) is 15.0. The molecule has 0 bridgehead atoms. The largest absolute Gasteiger partial charge is 0.379 e. The highest BCUT2D eigenvalue weighted by Crippen LogP contribution is 2.31. The molecule has 0 spiro atoms. The minimum atomic E-state index is -0.342. The number of halogens is 2. The second-order valence-corrected chi connectivity index (χ2v) is 10.2. The lowest BCUT2D eigenvalue weighted by Gasteiger charge is -2.26. The van der Waals surface area contributed by atoms with Gasteiger partial charge in [-0.2, -0.15) is 0 Å². The Morgan fingerprint density at radius 3 is 2.77 bits per heavy atom. The van der Waals surface area contributed by atoms with Crippen molar-refractivity contribution in [2.75, 3.05) is 32.8 Å². The zero-order valence-electron chi connectivity index (χ0n) is 17.6. The molecule has 0 atom stereocenters. The van der Waals surface area contributed by atoms with E-state index in [9.17, 15) is 9.18 Å². The number of hydrogen-bond donors (Lipinski definition) is 0. The van der Waals surface area contributed by atoms with Crippen molar-refractivity contribution < 1.29 is 9.13 Å². The van der Waals surface area contributed by atoms with Crippen LogP contribution in [0.2, 0.25) is 5.02 Å². The second-order valence-electron chi connectivity index (χ2n) is 7.61. The van der Waals surface area contributed by atoms with Crippen molar-refractivity contribution in [2.24, 2.45) is 0 Å². The molecule has 0 N–H and O–H groups in total. The molecule has 1 aliphatic rings. The third kappa shape index (κ3) is 4.98. The Hall–Kier alpha value is -1.45. The average Bonchev–Trinajstić information content (AvgIpc) is 3.04. The number of rotatable bonds is 7. The minimum absolute atomic E-state index is 0.0176. The Kier molecular flexibility index (Phi) is 7.33. The number of aromatic nitrogens is 2. The highest BCUT2D eigenvalue weighted by atomic mass is 35.5. The normalized spacial score (nSPS) is 15.1. The van der Waals surface area contributed by atoms with Crippen LogP contribution in [0.15, 0.2) is 28.2 Å². The predicted molar refractivity (Wildman–Crippen MR) is 126 cm³/mol. The first kappa shape index (κ1) is 22.7. The van der Waals surface area contributed by atoms with Crippen LogP contribution >= 0.6 is 34.7 Å². The lowest BCUT2D eigenvalue weighted by molar-refractivity contribution is 0.0368. The molecule has 31 heavy (non-hydrogen) atoms. The van der Waals surface area contributed by atoms with Gasteiger partial charge in [0.15, 0.2) is 5.16 Å². The Morgan fingerprint density at radius 2 is 2.03 bits per heavy atom. The lowest BCUT2D eigenvalue weighted by atomic mass is 10.2. The van der Waals surface area contributed by atoms with E-state index in [0.29, 0.717) is 33.4 Å². The van der Waals surface area contributed by atoms with Crippen molar-refractivity contribution in [3.63, 3.8) is 0 Å². The molecule has 1 aromatic carbocycles. The molecule has 0 amide bonds. The van der Waals surface area contributed by atoms with E-state index in [-0.39, 0.29) is 11.4 Å². The molecule has 0 aliphatic carbocycles. The predicted octanol–water partition coefficient (Wildman–Crippen LogP) is 4.88. The molecule has 0 radical (unpaired) electrons. The number of ether oxygens (including phenoxy) is 1. The Balaban J connectivity index is 1.62. The summed E-state index contributed by atoms with van der Waals surface area (Å²) in [6.45, 7) is 8.80. The van der Waals surface area contributed by atoms with Gasteiger partial charge in [0.2, 0.25) is 0 Å². The summed E-state index contributed by atoms with van der Waals surface area (Å²) in [4.78, 5) is 22.4. The van der Waals surface area contributed by atoms with E-state index in [4.69, 9.17) is 21.3 Å². The van der Waals surface area contributed by atoms with Crippen LogP contribution in [0.4, 0.5) is 4.39 Å². The second kappa shape index (κ2) is 10.0. The van der Waals surface area contributed by atoms with Gasteiger partial charge in [0.05, 0.1) is 18.6 Å². The summed E-state index contributed by atoms with van der Waals surface area (Å²) in [5.74, 6) is -0.0268. The summed E-state index contributed by atoms with van der Waals surface area (Å²) in [7, 11) is 0.